The van der Waals surface area contributed by atoms with E-state index in [4.69, 9.17) is 0 Å². The van der Waals surface area contributed by atoms with E-state index in [9.17, 15) is 9.18 Å². The van der Waals surface area contributed by atoms with Gasteiger partial charge in [0.05, 0.1) is 5.69 Å². The molecule has 0 radical (unpaired) electrons. The molecule has 6 heteroatoms. The smallest absolute Gasteiger partial charge is 0.257 e. The summed E-state index contributed by atoms with van der Waals surface area (Å²) >= 11 is 1.42. The minimum atomic E-state index is -0.279. The molecule has 1 aliphatic rings. The molecule has 2 aromatic carbocycles. The second kappa shape index (κ2) is 8.20. The molecule has 1 fully saturated rings. The van der Waals surface area contributed by atoms with Crippen molar-refractivity contribution < 1.29 is 9.18 Å². The quantitative estimate of drug-likeness (QED) is 0.653. The summed E-state index contributed by atoms with van der Waals surface area (Å²) in [5, 5.41) is 3.45. The van der Waals surface area contributed by atoms with Gasteiger partial charge in [0.25, 0.3) is 5.91 Å². The van der Waals surface area contributed by atoms with Gasteiger partial charge in [-0.15, -0.1) is 11.3 Å². The van der Waals surface area contributed by atoms with E-state index in [1.165, 1.54) is 36.3 Å². The molecule has 4 nitrogen and oxygen atoms in total. The number of halogens is 1. The molecule has 1 aromatic heterocycles. The minimum absolute atomic E-state index is 0.164. The molecule has 0 aliphatic carbocycles. The summed E-state index contributed by atoms with van der Waals surface area (Å²) in [6, 6.07) is 14.0. The van der Waals surface area contributed by atoms with Crippen LogP contribution in [-0.4, -0.2) is 28.9 Å². The molecule has 3 aromatic rings. The van der Waals surface area contributed by atoms with Gasteiger partial charge >= 0.3 is 0 Å². The highest BCUT2D eigenvalue weighted by molar-refractivity contribution is 7.16. The standard InChI is InChI=1S/C22H22FN3OS/c1-15-20(17-7-9-19(23)10-8-17)24-22(28-15)25-21(27)18-6-4-5-16(13-18)14-26-11-2-3-12-26/h4-10,13H,2-3,11-12,14H2,1H3,(H,24,25,27). The Morgan fingerprint density at radius 2 is 1.93 bits per heavy atom. The van der Waals surface area contributed by atoms with E-state index in [2.05, 4.69) is 21.3 Å². The van der Waals surface area contributed by atoms with Gasteiger partial charge in [-0.3, -0.25) is 15.0 Å². The minimum Gasteiger partial charge on any atom is -0.299 e. The number of amides is 1. The molecule has 1 N–H and O–H groups in total. The molecule has 2 heterocycles. The van der Waals surface area contributed by atoms with Crippen molar-refractivity contribution in [2.24, 2.45) is 0 Å². The number of carbonyl (C=O) groups excluding carboxylic acids is 1. The molecule has 1 saturated heterocycles. The van der Waals surface area contributed by atoms with Crippen molar-refractivity contribution >= 4 is 22.4 Å². The fourth-order valence-electron chi connectivity index (χ4n) is 3.50. The summed E-state index contributed by atoms with van der Waals surface area (Å²) in [7, 11) is 0. The molecule has 0 atom stereocenters. The van der Waals surface area contributed by atoms with Crippen molar-refractivity contribution in [3.8, 4) is 11.3 Å². The van der Waals surface area contributed by atoms with Gasteiger partial charge in [0, 0.05) is 22.5 Å². The molecule has 0 saturated carbocycles. The average Bonchev–Trinajstić information content (AvgIpc) is 3.32. The van der Waals surface area contributed by atoms with Gasteiger partial charge < -0.3 is 0 Å². The molecule has 4 rings (SSSR count). The normalized spacial score (nSPS) is 14.4. The van der Waals surface area contributed by atoms with Gasteiger partial charge in [0.2, 0.25) is 0 Å². The molecule has 144 valence electrons. The number of hydrogen-bond donors (Lipinski definition) is 1. The lowest BCUT2D eigenvalue weighted by Gasteiger charge is -2.14. The molecule has 0 bridgehead atoms. The predicted molar refractivity (Wildman–Crippen MR) is 111 cm³/mol. The third-order valence-corrected chi connectivity index (χ3v) is 5.81. The topological polar surface area (TPSA) is 45.2 Å². The Kier molecular flexibility index (Phi) is 5.50. The number of likely N-dealkylation sites (tertiary alicyclic amines) is 1. The number of carbonyl (C=O) groups is 1. The van der Waals surface area contributed by atoms with Crippen LogP contribution in [0.1, 0.15) is 33.6 Å². The molecule has 28 heavy (non-hydrogen) atoms. The number of hydrogen-bond acceptors (Lipinski definition) is 4. The number of thiazole rings is 1. The van der Waals surface area contributed by atoms with E-state index in [0.717, 1.165) is 41.3 Å². The summed E-state index contributed by atoms with van der Waals surface area (Å²) in [5.74, 6) is -0.443. The first kappa shape index (κ1) is 18.8. The van der Waals surface area contributed by atoms with Crippen molar-refractivity contribution in [1.82, 2.24) is 9.88 Å². The van der Waals surface area contributed by atoms with Gasteiger partial charge in [-0.2, -0.15) is 0 Å². The first-order chi connectivity index (χ1) is 13.6. The third-order valence-electron chi connectivity index (χ3n) is 4.93. The van der Waals surface area contributed by atoms with Gasteiger partial charge in [0.15, 0.2) is 5.13 Å². The Morgan fingerprint density at radius 1 is 1.18 bits per heavy atom. The monoisotopic (exact) mass is 395 g/mol. The maximum absolute atomic E-state index is 13.2. The lowest BCUT2D eigenvalue weighted by molar-refractivity contribution is 0.102. The molecular formula is C22H22FN3OS. The van der Waals surface area contributed by atoms with E-state index in [1.807, 2.05) is 25.1 Å². The third kappa shape index (κ3) is 4.29. The summed E-state index contributed by atoms with van der Waals surface area (Å²) in [6.07, 6.45) is 2.50. The van der Waals surface area contributed by atoms with Crippen molar-refractivity contribution in [1.29, 1.82) is 0 Å². The maximum Gasteiger partial charge on any atom is 0.257 e. The fourth-order valence-corrected chi connectivity index (χ4v) is 4.34. The van der Waals surface area contributed by atoms with Crippen LogP contribution in [0.4, 0.5) is 9.52 Å². The van der Waals surface area contributed by atoms with Crippen LogP contribution in [0.3, 0.4) is 0 Å². The average molecular weight is 396 g/mol. The van der Waals surface area contributed by atoms with Crippen LogP contribution in [0.25, 0.3) is 11.3 Å². The van der Waals surface area contributed by atoms with Crippen LogP contribution >= 0.6 is 11.3 Å². The Morgan fingerprint density at radius 3 is 2.68 bits per heavy atom. The van der Waals surface area contributed by atoms with E-state index in [1.54, 1.807) is 12.1 Å². The van der Waals surface area contributed by atoms with E-state index < -0.39 is 0 Å². The van der Waals surface area contributed by atoms with Gasteiger partial charge in [-0.1, -0.05) is 12.1 Å². The van der Waals surface area contributed by atoms with Crippen LogP contribution < -0.4 is 5.32 Å². The summed E-state index contributed by atoms with van der Waals surface area (Å²) in [4.78, 5) is 20.6. The Hall–Kier alpha value is -2.57. The van der Waals surface area contributed by atoms with Crippen molar-refractivity contribution in [2.45, 2.75) is 26.3 Å². The number of aryl methyl sites for hydroxylation is 1. The second-order valence-corrected chi connectivity index (χ2v) is 8.27. The van der Waals surface area contributed by atoms with Crippen LogP contribution in [0.2, 0.25) is 0 Å². The van der Waals surface area contributed by atoms with Gasteiger partial charge in [-0.25, -0.2) is 9.37 Å². The molecular weight excluding hydrogens is 373 g/mol. The maximum atomic E-state index is 13.2. The summed E-state index contributed by atoms with van der Waals surface area (Å²) < 4.78 is 13.2. The zero-order valence-electron chi connectivity index (χ0n) is 15.7. The second-order valence-electron chi connectivity index (χ2n) is 7.07. The number of nitrogens with one attached hydrogen (secondary N) is 1. The van der Waals surface area contributed by atoms with Crippen molar-refractivity contribution in [2.75, 3.05) is 18.4 Å². The highest BCUT2D eigenvalue weighted by Gasteiger charge is 2.15. The van der Waals surface area contributed by atoms with Crippen LogP contribution in [0.15, 0.2) is 48.5 Å². The summed E-state index contributed by atoms with van der Waals surface area (Å²) in [5.41, 5.74) is 3.39. The largest absolute Gasteiger partial charge is 0.299 e. The molecule has 0 unspecified atom stereocenters. The van der Waals surface area contributed by atoms with E-state index >= 15 is 0 Å². The number of benzene rings is 2. The van der Waals surface area contributed by atoms with E-state index in [0.29, 0.717) is 10.7 Å². The number of nitrogens with zero attached hydrogens (tertiary/aromatic N) is 2. The summed E-state index contributed by atoms with van der Waals surface area (Å²) in [6.45, 7) is 5.08. The van der Waals surface area contributed by atoms with Crippen molar-refractivity contribution in [3.05, 3.63) is 70.4 Å². The van der Waals surface area contributed by atoms with Crippen molar-refractivity contribution in [3.63, 3.8) is 0 Å². The van der Waals surface area contributed by atoms with Crippen LogP contribution in [0.5, 0.6) is 0 Å². The zero-order chi connectivity index (χ0) is 19.5. The Bertz CT molecular complexity index is 978. The lowest BCUT2D eigenvalue weighted by atomic mass is 10.1. The van der Waals surface area contributed by atoms with Gasteiger partial charge in [-0.05, 0) is 74.8 Å². The van der Waals surface area contributed by atoms with Gasteiger partial charge in [0.1, 0.15) is 5.82 Å². The molecule has 0 spiro atoms. The lowest BCUT2D eigenvalue weighted by Crippen LogP contribution is -2.19. The molecule has 1 amide bonds. The van der Waals surface area contributed by atoms with Crippen LogP contribution in [0, 0.1) is 12.7 Å². The first-order valence-corrected chi connectivity index (χ1v) is 10.3. The fraction of sp³-hybridized carbons (Fsp3) is 0.273. The SMILES string of the molecule is Cc1sc(NC(=O)c2cccc(CN3CCCC3)c2)nc1-c1ccc(F)cc1. The Labute approximate surface area is 168 Å². The number of anilines is 1. The zero-order valence-corrected chi connectivity index (χ0v) is 16.6. The highest BCUT2D eigenvalue weighted by Crippen LogP contribution is 2.30. The van der Waals surface area contributed by atoms with Crippen LogP contribution in [-0.2, 0) is 6.54 Å². The number of aromatic nitrogens is 1. The molecule has 1 aliphatic heterocycles. The number of rotatable bonds is 5. The van der Waals surface area contributed by atoms with E-state index in [-0.39, 0.29) is 11.7 Å². The highest BCUT2D eigenvalue weighted by atomic mass is 32.1. The Balaban J connectivity index is 1.48. The first-order valence-electron chi connectivity index (χ1n) is 9.44. The predicted octanol–water partition coefficient (Wildman–Crippen LogP) is 5.11.